The van der Waals surface area contributed by atoms with Crippen LogP contribution in [0.5, 0.6) is 0 Å². The molecule has 2 aliphatic rings. The Labute approximate surface area is 115 Å². The lowest BCUT2D eigenvalue weighted by molar-refractivity contribution is 0.0200. The Bertz CT molecular complexity index is 210. The highest BCUT2D eigenvalue weighted by atomic mass is 14.5. The normalized spacial score (nSPS) is 24.7. The summed E-state index contributed by atoms with van der Waals surface area (Å²) in [5.74, 6) is 2.95. The van der Waals surface area contributed by atoms with Crippen LogP contribution in [0.2, 0.25) is 0 Å². The fourth-order valence-corrected chi connectivity index (χ4v) is 5.07. The van der Waals surface area contributed by atoms with Crippen molar-refractivity contribution in [2.75, 3.05) is 0 Å². The summed E-state index contributed by atoms with van der Waals surface area (Å²) in [6.07, 6.45) is 16.6. The quantitative estimate of drug-likeness (QED) is 0.557. The second-order valence-electron chi connectivity index (χ2n) is 7.77. The standard InChI is InChI=1S/C18H34/c1-15(2)14-18(3,16-10-6-4-7-11-16)17-12-8-5-9-13-17/h15-17H,4-14H2,1-3H3. The van der Waals surface area contributed by atoms with E-state index in [1.807, 2.05) is 0 Å². The van der Waals surface area contributed by atoms with Gasteiger partial charge in [0, 0.05) is 0 Å². The molecule has 0 aromatic heterocycles. The predicted octanol–water partition coefficient (Wildman–Crippen LogP) is 6.20. The van der Waals surface area contributed by atoms with E-state index in [4.69, 9.17) is 0 Å². The van der Waals surface area contributed by atoms with Crippen LogP contribution >= 0.6 is 0 Å². The summed E-state index contributed by atoms with van der Waals surface area (Å²) in [7, 11) is 0. The van der Waals surface area contributed by atoms with E-state index < -0.39 is 0 Å². The molecule has 0 aromatic carbocycles. The molecule has 0 nitrogen and oxygen atoms in total. The van der Waals surface area contributed by atoms with E-state index in [1.54, 1.807) is 0 Å². The van der Waals surface area contributed by atoms with Gasteiger partial charge in [-0.15, -0.1) is 0 Å². The smallest absolute Gasteiger partial charge is 0.0267 e. The first-order valence-electron chi connectivity index (χ1n) is 8.63. The van der Waals surface area contributed by atoms with Crippen LogP contribution in [0.1, 0.15) is 91.4 Å². The van der Waals surface area contributed by atoms with Gasteiger partial charge in [-0.2, -0.15) is 0 Å². The molecule has 0 amide bonds. The van der Waals surface area contributed by atoms with Gasteiger partial charge in [-0.25, -0.2) is 0 Å². The first-order chi connectivity index (χ1) is 8.63. The second-order valence-corrected chi connectivity index (χ2v) is 7.77. The molecule has 0 bridgehead atoms. The Morgan fingerprint density at radius 1 is 0.778 bits per heavy atom. The Hall–Kier alpha value is 0. The van der Waals surface area contributed by atoms with Gasteiger partial charge in [0.2, 0.25) is 0 Å². The first-order valence-corrected chi connectivity index (χ1v) is 8.63. The molecule has 2 aliphatic carbocycles. The summed E-state index contributed by atoms with van der Waals surface area (Å²) in [5, 5.41) is 0. The van der Waals surface area contributed by atoms with Crippen LogP contribution in [-0.2, 0) is 0 Å². The largest absolute Gasteiger partial charge is 0.0628 e. The molecule has 2 saturated carbocycles. The fraction of sp³-hybridized carbons (Fsp3) is 1.00. The molecule has 0 heteroatoms. The highest BCUT2D eigenvalue weighted by Gasteiger charge is 2.41. The average Bonchev–Trinajstić information content (AvgIpc) is 2.40. The van der Waals surface area contributed by atoms with Gasteiger partial charge in [0.1, 0.15) is 0 Å². The molecule has 0 N–H and O–H groups in total. The number of hydrogen-bond donors (Lipinski definition) is 0. The minimum absolute atomic E-state index is 0.662. The lowest BCUT2D eigenvalue weighted by Gasteiger charge is -2.48. The zero-order valence-corrected chi connectivity index (χ0v) is 13.0. The van der Waals surface area contributed by atoms with Crippen molar-refractivity contribution in [3.63, 3.8) is 0 Å². The van der Waals surface area contributed by atoms with Gasteiger partial charge in [0.15, 0.2) is 0 Å². The maximum absolute atomic E-state index is 2.67. The van der Waals surface area contributed by atoms with Crippen LogP contribution in [0.15, 0.2) is 0 Å². The van der Waals surface area contributed by atoms with E-state index >= 15 is 0 Å². The average molecular weight is 250 g/mol. The van der Waals surface area contributed by atoms with Crippen molar-refractivity contribution in [2.24, 2.45) is 23.2 Å². The molecular weight excluding hydrogens is 216 g/mol. The Morgan fingerprint density at radius 2 is 1.17 bits per heavy atom. The van der Waals surface area contributed by atoms with E-state index in [9.17, 15) is 0 Å². The van der Waals surface area contributed by atoms with E-state index in [0.717, 1.165) is 17.8 Å². The zero-order valence-electron chi connectivity index (χ0n) is 13.0. The second kappa shape index (κ2) is 6.44. The van der Waals surface area contributed by atoms with Gasteiger partial charge >= 0.3 is 0 Å². The van der Waals surface area contributed by atoms with Gasteiger partial charge in [0.05, 0.1) is 0 Å². The van der Waals surface area contributed by atoms with Gasteiger partial charge in [-0.1, -0.05) is 59.3 Å². The molecule has 0 radical (unpaired) electrons. The van der Waals surface area contributed by atoms with Gasteiger partial charge in [0.25, 0.3) is 0 Å². The fourth-order valence-electron chi connectivity index (χ4n) is 5.07. The summed E-state index contributed by atoms with van der Waals surface area (Å²) < 4.78 is 0. The van der Waals surface area contributed by atoms with Gasteiger partial charge in [-0.3, -0.25) is 0 Å². The lowest BCUT2D eigenvalue weighted by Crippen LogP contribution is -2.39. The molecule has 2 rings (SSSR count). The third-order valence-electron chi connectivity index (χ3n) is 5.92. The molecule has 0 aromatic rings. The first kappa shape index (κ1) is 14.4. The Morgan fingerprint density at radius 3 is 1.50 bits per heavy atom. The third-order valence-corrected chi connectivity index (χ3v) is 5.92. The van der Waals surface area contributed by atoms with Crippen molar-refractivity contribution >= 4 is 0 Å². The minimum atomic E-state index is 0.662. The van der Waals surface area contributed by atoms with Crippen LogP contribution < -0.4 is 0 Å². The Balaban J connectivity index is 2.09. The molecule has 0 atom stereocenters. The molecule has 18 heavy (non-hydrogen) atoms. The van der Waals surface area contributed by atoms with Crippen LogP contribution in [0.3, 0.4) is 0 Å². The van der Waals surface area contributed by atoms with E-state index in [2.05, 4.69) is 20.8 Å². The summed E-state index contributed by atoms with van der Waals surface area (Å²) in [6.45, 7) is 7.53. The van der Waals surface area contributed by atoms with Crippen molar-refractivity contribution in [2.45, 2.75) is 91.4 Å². The molecular formula is C18H34. The summed E-state index contributed by atoms with van der Waals surface area (Å²) in [4.78, 5) is 0. The molecule has 0 aliphatic heterocycles. The lowest BCUT2D eigenvalue weighted by atomic mass is 9.57. The summed E-state index contributed by atoms with van der Waals surface area (Å²) in [5.41, 5.74) is 0.662. The SMILES string of the molecule is CC(C)CC(C)(C1CCCCC1)C1CCCCC1. The minimum Gasteiger partial charge on any atom is -0.0628 e. The highest BCUT2D eigenvalue weighted by Crippen LogP contribution is 2.51. The van der Waals surface area contributed by atoms with Crippen molar-refractivity contribution in [3.05, 3.63) is 0 Å². The van der Waals surface area contributed by atoms with Gasteiger partial charge < -0.3 is 0 Å². The Kier molecular flexibility index (Phi) is 5.15. The third kappa shape index (κ3) is 3.31. The van der Waals surface area contributed by atoms with Crippen molar-refractivity contribution in [3.8, 4) is 0 Å². The van der Waals surface area contributed by atoms with Crippen LogP contribution in [0.4, 0.5) is 0 Å². The van der Waals surface area contributed by atoms with Crippen molar-refractivity contribution in [1.29, 1.82) is 0 Å². The van der Waals surface area contributed by atoms with E-state index in [0.29, 0.717) is 5.41 Å². The van der Waals surface area contributed by atoms with Crippen LogP contribution in [0, 0.1) is 23.2 Å². The van der Waals surface area contributed by atoms with Gasteiger partial charge in [-0.05, 0) is 55.3 Å². The topological polar surface area (TPSA) is 0 Å². The number of hydrogen-bond acceptors (Lipinski definition) is 0. The summed E-state index contributed by atoms with van der Waals surface area (Å²) >= 11 is 0. The predicted molar refractivity (Wildman–Crippen MR) is 80.7 cm³/mol. The molecule has 0 heterocycles. The molecule has 0 saturated heterocycles. The molecule has 0 spiro atoms. The summed E-state index contributed by atoms with van der Waals surface area (Å²) in [6, 6.07) is 0. The maximum Gasteiger partial charge on any atom is -0.0267 e. The van der Waals surface area contributed by atoms with Crippen molar-refractivity contribution < 1.29 is 0 Å². The molecule has 2 fully saturated rings. The number of rotatable bonds is 4. The highest BCUT2D eigenvalue weighted by molar-refractivity contribution is 4.91. The van der Waals surface area contributed by atoms with Crippen LogP contribution in [0.25, 0.3) is 0 Å². The molecule has 0 unspecified atom stereocenters. The molecule has 106 valence electrons. The van der Waals surface area contributed by atoms with E-state index in [1.165, 1.54) is 70.6 Å². The van der Waals surface area contributed by atoms with E-state index in [-0.39, 0.29) is 0 Å². The maximum atomic E-state index is 2.67. The zero-order chi connectivity index (χ0) is 13.0. The van der Waals surface area contributed by atoms with Crippen molar-refractivity contribution in [1.82, 2.24) is 0 Å². The van der Waals surface area contributed by atoms with Crippen LogP contribution in [-0.4, -0.2) is 0 Å². The monoisotopic (exact) mass is 250 g/mol.